The molecule has 0 radical (unpaired) electrons. The van der Waals surface area contributed by atoms with Gasteiger partial charge in [-0.2, -0.15) is 4.31 Å². The first-order chi connectivity index (χ1) is 12.9. The second-order valence-corrected chi connectivity index (χ2v) is 8.32. The summed E-state index contributed by atoms with van der Waals surface area (Å²) in [6.07, 6.45) is 0.636. The number of fused-ring (bicyclic) bond motifs is 1. The molecule has 1 fully saturated rings. The van der Waals surface area contributed by atoms with Gasteiger partial charge in [0.15, 0.2) is 5.58 Å². The van der Waals surface area contributed by atoms with E-state index in [9.17, 15) is 13.2 Å². The zero-order valence-corrected chi connectivity index (χ0v) is 15.5. The van der Waals surface area contributed by atoms with Gasteiger partial charge < -0.3 is 13.7 Å². The quantitative estimate of drug-likeness (QED) is 0.659. The van der Waals surface area contributed by atoms with Gasteiger partial charge in [0.1, 0.15) is 0 Å². The van der Waals surface area contributed by atoms with Crippen molar-refractivity contribution in [3.8, 4) is 0 Å². The van der Waals surface area contributed by atoms with Crippen molar-refractivity contribution in [3.05, 3.63) is 40.5 Å². The van der Waals surface area contributed by atoms with Gasteiger partial charge in [-0.3, -0.25) is 4.98 Å². The van der Waals surface area contributed by atoms with Crippen LogP contribution >= 0.6 is 0 Å². The molecule has 3 aromatic rings. The van der Waals surface area contributed by atoms with Crippen LogP contribution in [0.5, 0.6) is 0 Å². The van der Waals surface area contributed by atoms with Crippen molar-refractivity contribution in [2.45, 2.75) is 18.2 Å². The highest BCUT2D eigenvalue weighted by Gasteiger charge is 2.29. The van der Waals surface area contributed by atoms with Gasteiger partial charge in [0, 0.05) is 52.1 Å². The molecular weight excluding hydrogens is 374 g/mol. The molecule has 1 saturated heterocycles. The summed E-state index contributed by atoms with van der Waals surface area (Å²) in [4.78, 5) is 16.0. The topological polar surface area (TPSA) is 126 Å². The fourth-order valence-corrected chi connectivity index (χ4v) is 4.56. The van der Waals surface area contributed by atoms with Crippen LogP contribution in [-0.2, 0) is 16.4 Å². The number of benzene rings is 1. The van der Waals surface area contributed by atoms with Crippen molar-refractivity contribution in [3.63, 3.8) is 0 Å². The number of hydrogen-bond acceptors (Lipinski definition) is 8. The van der Waals surface area contributed by atoms with E-state index in [-0.39, 0.29) is 10.5 Å². The Morgan fingerprint density at radius 2 is 1.93 bits per heavy atom. The van der Waals surface area contributed by atoms with Gasteiger partial charge in [0.05, 0.1) is 10.4 Å². The van der Waals surface area contributed by atoms with Crippen LogP contribution in [0.2, 0.25) is 0 Å². The summed E-state index contributed by atoms with van der Waals surface area (Å²) in [7, 11) is -3.64. The average Bonchev–Trinajstić information content (AvgIpc) is 3.23. The zero-order valence-electron chi connectivity index (χ0n) is 14.7. The molecule has 1 aromatic carbocycles. The number of aryl methyl sites for hydroxylation is 1. The zero-order chi connectivity index (χ0) is 19.0. The van der Waals surface area contributed by atoms with Crippen molar-refractivity contribution in [1.82, 2.24) is 24.4 Å². The summed E-state index contributed by atoms with van der Waals surface area (Å²) in [5.41, 5.74) is 0.703. The van der Waals surface area contributed by atoms with E-state index in [2.05, 4.69) is 20.1 Å². The van der Waals surface area contributed by atoms with E-state index in [4.69, 9.17) is 8.83 Å². The van der Waals surface area contributed by atoms with Crippen molar-refractivity contribution >= 4 is 21.1 Å². The van der Waals surface area contributed by atoms with E-state index in [1.807, 2.05) is 0 Å². The number of rotatable bonds is 5. The molecule has 144 valence electrons. The van der Waals surface area contributed by atoms with Gasteiger partial charge in [-0.1, -0.05) is 0 Å². The summed E-state index contributed by atoms with van der Waals surface area (Å²) < 4.78 is 37.5. The van der Waals surface area contributed by atoms with Crippen molar-refractivity contribution in [2.75, 3.05) is 32.7 Å². The van der Waals surface area contributed by atoms with E-state index in [0.717, 1.165) is 6.54 Å². The smallest absolute Gasteiger partial charge is 0.417 e. The van der Waals surface area contributed by atoms with Crippen LogP contribution in [0.25, 0.3) is 11.1 Å². The molecule has 0 saturated carbocycles. The van der Waals surface area contributed by atoms with Gasteiger partial charge in [0.25, 0.3) is 0 Å². The minimum atomic E-state index is -3.64. The summed E-state index contributed by atoms with van der Waals surface area (Å²) >= 11 is 0. The summed E-state index contributed by atoms with van der Waals surface area (Å²) in [5, 5.41) is 7.77. The Morgan fingerprint density at radius 3 is 2.63 bits per heavy atom. The maximum absolute atomic E-state index is 12.9. The predicted molar refractivity (Wildman–Crippen MR) is 94.8 cm³/mol. The minimum Gasteiger partial charge on any atom is -0.426 e. The number of nitrogens with zero attached hydrogens (tertiary/aromatic N) is 4. The summed E-state index contributed by atoms with van der Waals surface area (Å²) in [5.74, 6) is 0.518. The molecule has 1 N–H and O–H groups in total. The number of piperazine rings is 1. The van der Waals surface area contributed by atoms with Crippen molar-refractivity contribution in [2.24, 2.45) is 0 Å². The Hall–Kier alpha value is -2.50. The minimum absolute atomic E-state index is 0.118. The lowest BCUT2D eigenvalue weighted by Gasteiger charge is -2.33. The molecule has 4 rings (SSSR count). The second kappa shape index (κ2) is 6.91. The van der Waals surface area contributed by atoms with Crippen molar-refractivity contribution < 1.29 is 17.3 Å². The van der Waals surface area contributed by atoms with Crippen LogP contribution in [0.15, 0.2) is 36.7 Å². The third-order valence-corrected chi connectivity index (χ3v) is 6.47. The lowest BCUT2D eigenvalue weighted by Crippen LogP contribution is -2.49. The van der Waals surface area contributed by atoms with Crippen LogP contribution in [0.4, 0.5) is 0 Å². The third-order valence-electron chi connectivity index (χ3n) is 4.57. The highest BCUT2D eigenvalue weighted by atomic mass is 32.2. The van der Waals surface area contributed by atoms with Crippen molar-refractivity contribution in [1.29, 1.82) is 0 Å². The molecular formula is C16H19N5O5S. The Kier molecular flexibility index (Phi) is 4.58. The van der Waals surface area contributed by atoms with Gasteiger partial charge in [-0.25, -0.2) is 13.2 Å². The van der Waals surface area contributed by atoms with E-state index >= 15 is 0 Å². The van der Waals surface area contributed by atoms with Gasteiger partial charge in [-0.05, 0) is 12.1 Å². The molecule has 0 spiro atoms. The number of aromatic amines is 1. The Labute approximate surface area is 154 Å². The fraction of sp³-hybridized carbons (Fsp3) is 0.438. The number of oxazole rings is 1. The van der Waals surface area contributed by atoms with E-state index in [0.29, 0.717) is 49.9 Å². The van der Waals surface area contributed by atoms with E-state index in [1.54, 1.807) is 6.92 Å². The van der Waals surface area contributed by atoms with Crippen LogP contribution in [0.1, 0.15) is 11.8 Å². The molecule has 0 aliphatic carbocycles. The normalized spacial score (nSPS) is 16.9. The SMILES string of the molecule is Cc1nnc(CCN2CCN(S(=O)(=O)c3ccc4[nH]c(=O)oc4c3)CC2)o1. The maximum atomic E-state index is 12.9. The maximum Gasteiger partial charge on any atom is 0.417 e. The molecule has 0 amide bonds. The largest absolute Gasteiger partial charge is 0.426 e. The van der Waals surface area contributed by atoms with Crippen LogP contribution < -0.4 is 5.76 Å². The molecule has 2 aromatic heterocycles. The fourth-order valence-electron chi connectivity index (χ4n) is 3.12. The Bertz CT molecular complexity index is 1110. The van der Waals surface area contributed by atoms with Gasteiger partial charge in [0.2, 0.25) is 21.8 Å². The second-order valence-electron chi connectivity index (χ2n) is 6.38. The van der Waals surface area contributed by atoms with Crippen LogP contribution in [0.3, 0.4) is 0 Å². The molecule has 10 nitrogen and oxygen atoms in total. The average molecular weight is 393 g/mol. The lowest BCUT2D eigenvalue weighted by molar-refractivity contribution is 0.186. The van der Waals surface area contributed by atoms with E-state index < -0.39 is 15.8 Å². The standard InChI is InChI=1S/C16H19N5O5S/c1-11-18-19-15(25-11)4-5-20-6-8-21(9-7-20)27(23,24)12-2-3-13-14(10-12)26-16(22)17-13/h2-3,10H,4-9H2,1H3,(H,17,22). The molecule has 0 unspecified atom stereocenters. The molecule has 0 bridgehead atoms. The number of H-pyrrole nitrogens is 1. The Morgan fingerprint density at radius 1 is 1.15 bits per heavy atom. The van der Waals surface area contributed by atoms with Gasteiger partial charge >= 0.3 is 5.76 Å². The highest BCUT2D eigenvalue weighted by Crippen LogP contribution is 2.21. The molecule has 3 heterocycles. The van der Waals surface area contributed by atoms with Gasteiger partial charge in [-0.15, -0.1) is 10.2 Å². The highest BCUT2D eigenvalue weighted by molar-refractivity contribution is 7.89. The van der Waals surface area contributed by atoms with Crippen LogP contribution in [0, 0.1) is 6.92 Å². The molecule has 11 heteroatoms. The summed E-state index contributed by atoms with van der Waals surface area (Å²) in [6, 6.07) is 4.40. The molecule has 0 atom stereocenters. The van der Waals surface area contributed by atoms with E-state index in [1.165, 1.54) is 22.5 Å². The summed E-state index contributed by atoms with van der Waals surface area (Å²) in [6.45, 7) is 4.49. The third kappa shape index (κ3) is 3.66. The number of sulfonamides is 1. The molecule has 1 aliphatic rings. The number of hydrogen-bond donors (Lipinski definition) is 1. The Balaban J connectivity index is 1.40. The molecule has 1 aliphatic heterocycles. The van der Waals surface area contributed by atoms with Crippen LogP contribution in [-0.4, -0.2) is 65.5 Å². The number of aromatic nitrogens is 3. The monoisotopic (exact) mass is 393 g/mol. The predicted octanol–water partition coefficient (Wildman–Crippen LogP) is 0.362. The number of nitrogens with one attached hydrogen (secondary N) is 1. The first kappa shape index (κ1) is 17.9. The lowest BCUT2D eigenvalue weighted by atomic mass is 10.3. The first-order valence-corrected chi connectivity index (χ1v) is 10.0. The molecule has 27 heavy (non-hydrogen) atoms. The first-order valence-electron chi connectivity index (χ1n) is 8.56.